The van der Waals surface area contributed by atoms with Crippen molar-refractivity contribution in [2.24, 2.45) is 0 Å². The number of hydrogen-bond donors (Lipinski definition) is 0. The van der Waals surface area contributed by atoms with Crippen molar-refractivity contribution in [1.82, 2.24) is 0 Å². The van der Waals surface area contributed by atoms with E-state index in [1.165, 1.54) is 15.9 Å². The summed E-state index contributed by atoms with van der Waals surface area (Å²) in [5, 5.41) is 3.96. The molecule has 0 saturated carbocycles. The van der Waals surface area contributed by atoms with Crippen LogP contribution in [0, 0.1) is 0 Å². The van der Waals surface area contributed by atoms with Crippen LogP contribution >= 0.6 is 19.7 Å². The Morgan fingerprint density at radius 2 is 1.11 bits per heavy atom. The Balaban J connectivity index is 0.00000261. The average molecular weight is 401 g/mol. The molecule has 0 amide bonds. The molecule has 0 radical (unpaired) electrons. The molecule has 0 bridgehead atoms. The van der Waals surface area contributed by atoms with Crippen molar-refractivity contribution in [1.29, 1.82) is 0 Å². The molecule has 0 aliphatic rings. The van der Waals surface area contributed by atoms with Crippen LogP contribution in [0.3, 0.4) is 0 Å². The zero-order valence-electron chi connectivity index (χ0n) is 15.5. The Morgan fingerprint density at radius 3 is 1.44 bits per heavy atom. The van der Waals surface area contributed by atoms with Crippen LogP contribution in [0.4, 0.5) is 0 Å². The van der Waals surface area contributed by atoms with Gasteiger partial charge in [-0.2, -0.15) is 0 Å². The molecular formula is C23H26ClO2P. The van der Waals surface area contributed by atoms with E-state index in [1.54, 1.807) is 0 Å². The zero-order valence-corrected chi connectivity index (χ0v) is 17.3. The molecular weight excluding hydrogens is 375 g/mol. The third-order valence-corrected chi connectivity index (χ3v) is 9.77. The number of carbonyl (C=O) groups is 1. The van der Waals surface area contributed by atoms with Gasteiger partial charge in [-0.15, -0.1) is 12.4 Å². The minimum absolute atomic E-state index is 0. The first-order valence-corrected chi connectivity index (χ1v) is 11.3. The number of esters is 1. The fourth-order valence-electron chi connectivity index (χ4n) is 3.62. The topological polar surface area (TPSA) is 26.3 Å². The number of halogens is 1. The summed E-state index contributed by atoms with van der Waals surface area (Å²) < 4.78 is 5.23. The van der Waals surface area contributed by atoms with Crippen LogP contribution in [0.1, 0.15) is 13.3 Å². The van der Waals surface area contributed by atoms with Gasteiger partial charge in [0, 0.05) is 0 Å². The molecule has 0 N–H and O–H groups in total. The summed E-state index contributed by atoms with van der Waals surface area (Å²) in [5.74, 6) is -0.118. The second kappa shape index (κ2) is 10.3. The van der Waals surface area contributed by atoms with Crippen molar-refractivity contribution < 1.29 is 9.53 Å². The molecule has 2 nitrogen and oxygen atoms in total. The number of carbonyl (C=O) groups excluding carboxylic acids is 1. The van der Waals surface area contributed by atoms with Gasteiger partial charge in [-0.1, -0.05) is 0 Å². The largest absolute Gasteiger partial charge is 0.147 e. The van der Waals surface area contributed by atoms with E-state index in [9.17, 15) is 4.79 Å². The van der Waals surface area contributed by atoms with Gasteiger partial charge < -0.3 is 0 Å². The first-order chi connectivity index (χ1) is 12.8. The van der Waals surface area contributed by atoms with Crippen LogP contribution in [0.5, 0.6) is 0 Å². The number of ether oxygens (including phenoxy) is 1. The maximum absolute atomic E-state index is 12.2. The normalized spacial score (nSPS) is 11.3. The summed E-state index contributed by atoms with van der Waals surface area (Å²) >= 11 is 0. The summed E-state index contributed by atoms with van der Waals surface area (Å²) in [6, 6.07) is 31.9. The van der Waals surface area contributed by atoms with Crippen LogP contribution in [-0.2, 0) is 9.53 Å². The predicted octanol–water partition coefficient (Wildman–Crippen LogP) is 4.09. The maximum atomic E-state index is 12.2. The Bertz CT molecular complexity index is 726. The van der Waals surface area contributed by atoms with E-state index >= 15 is 0 Å². The van der Waals surface area contributed by atoms with Gasteiger partial charge in [0.15, 0.2) is 0 Å². The van der Waals surface area contributed by atoms with E-state index in [4.69, 9.17) is 4.74 Å². The third kappa shape index (κ3) is 4.77. The fraction of sp³-hybridized carbons (Fsp3) is 0.174. The monoisotopic (exact) mass is 400 g/mol. The second-order valence-electron chi connectivity index (χ2n) is 6.31. The van der Waals surface area contributed by atoms with Gasteiger partial charge >= 0.3 is 156 Å². The minimum atomic E-state index is -2.32. The summed E-state index contributed by atoms with van der Waals surface area (Å²) in [4.78, 5) is 12.2. The number of rotatable bonds is 7. The molecule has 3 aromatic carbocycles. The summed E-state index contributed by atoms with van der Waals surface area (Å²) in [6.07, 6.45) is 1.22. The number of hydrogen-bond acceptors (Lipinski definition) is 2. The first kappa shape index (κ1) is 21.2. The number of benzene rings is 3. The smallest absolute Gasteiger partial charge is 0.147 e. The van der Waals surface area contributed by atoms with Crippen LogP contribution in [0.15, 0.2) is 91.0 Å². The molecule has 3 aromatic rings. The second-order valence-corrected chi connectivity index (χ2v) is 10.4. The molecule has 0 atom stereocenters. The fourth-order valence-corrected chi connectivity index (χ4v) is 8.35. The molecule has 142 valence electrons. The van der Waals surface area contributed by atoms with E-state index in [1.807, 2.05) is 25.1 Å². The van der Waals surface area contributed by atoms with E-state index in [-0.39, 0.29) is 18.4 Å². The van der Waals surface area contributed by atoms with E-state index in [0.29, 0.717) is 13.0 Å². The Morgan fingerprint density at radius 1 is 0.741 bits per heavy atom. The van der Waals surface area contributed by atoms with Gasteiger partial charge in [0.25, 0.3) is 0 Å². The van der Waals surface area contributed by atoms with Crippen molar-refractivity contribution in [3.8, 4) is 0 Å². The molecule has 0 aliphatic heterocycles. The molecule has 0 saturated heterocycles. The molecule has 0 heterocycles. The minimum Gasteiger partial charge on any atom is -0.147 e. The molecule has 0 aromatic heterocycles. The Labute approximate surface area is 168 Å². The van der Waals surface area contributed by atoms with Crippen LogP contribution < -0.4 is 15.9 Å². The van der Waals surface area contributed by atoms with Crippen LogP contribution in [0.2, 0.25) is 0 Å². The molecule has 0 aliphatic carbocycles. The summed E-state index contributed by atoms with van der Waals surface area (Å²) in [5.41, 5.74) is 0. The standard InChI is InChI=1S/C23H25O2P.ClH/c1-2-25-23(24)18-19-26(20-12-6-3-7-13-20,21-14-8-4-9-15-21)22-16-10-5-11-17-22;/h3-17,26H,2,18-19H2,1H3;1H. The Kier molecular flexibility index (Phi) is 8.03. The Hall–Kier alpha value is -2.15. The molecule has 3 rings (SSSR count). The quantitative estimate of drug-likeness (QED) is 0.441. The molecule has 0 spiro atoms. The van der Waals surface area contributed by atoms with Crippen molar-refractivity contribution in [2.75, 3.05) is 12.8 Å². The van der Waals surface area contributed by atoms with E-state index < -0.39 is 7.26 Å². The van der Waals surface area contributed by atoms with Gasteiger partial charge in [0.1, 0.15) is 0 Å². The van der Waals surface area contributed by atoms with Gasteiger partial charge in [-0.25, -0.2) is 0 Å². The molecule has 0 fully saturated rings. The van der Waals surface area contributed by atoms with Crippen LogP contribution in [-0.4, -0.2) is 18.7 Å². The molecule has 27 heavy (non-hydrogen) atoms. The molecule has 0 unspecified atom stereocenters. The molecule has 4 heteroatoms. The summed E-state index contributed by atoms with van der Waals surface area (Å²) in [7, 11) is -2.32. The first-order valence-electron chi connectivity index (χ1n) is 9.09. The van der Waals surface area contributed by atoms with Gasteiger partial charge in [0.05, 0.1) is 0 Å². The maximum Gasteiger partial charge on any atom is -0.147 e. The van der Waals surface area contributed by atoms with E-state index in [0.717, 1.165) is 6.16 Å². The van der Waals surface area contributed by atoms with E-state index in [2.05, 4.69) is 72.8 Å². The SMILES string of the molecule is CCOC(=O)CC[PH](c1ccccc1)(c1ccccc1)c1ccccc1.Cl. The third-order valence-electron chi connectivity index (χ3n) is 4.81. The van der Waals surface area contributed by atoms with Crippen LogP contribution in [0.25, 0.3) is 0 Å². The summed E-state index contributed by atoms with van der Waals surface area (Å²) in [6.45, 7) is 2.28. The van der Waals surface area contributed by atoms with Gasteiger partial charge in [0.2, 0.25) is 0 Å². The van der Waals surface area contributed by atoms with Gasteiger partial charge in [-0.05, 0) is 0 Å². The van der Waals surface area contributed by atoms with Gasteiger partial charge in [-0.3, -0.25) is 0 Å². The zero-order chi connectivity index (χ0) is 18.2. The van der Waals surface area contributed by atoms with Crippen molar-refractivity contribution in [3.05, 3.63) is 91.0 Å². The van der Waals surface area contributed by atoms with Crippen molar-refractivity contribution >= 4 is 41.6 Å². The average Bonchev–Trinajstić information content (AvgIpc) is 2.71. The predicted molar refractivity (Wildman–Crippen MR) is 120 cm³/mol. The van der Waals surface area contributed by atoms with Crippen molar-refractivity contribution in [3.63, 3.8) is 0 Å². The van der Waals surface area contributed by atoms with Crippen molar-refractivity contribution in [2.45, 2.75) is 13.3 Å².